The molecule has 6 nitrogen and oxygen atoms in total. The van der Waals surface area contributed by atoms with Gasteiger partial charge in [0.1, 0.15) is 6.04 Å². The zero-order chi connectivity index (χ0) is 20.4. The summed E-state index contributed by atoms with van der Waals surface area (Å²) in [5, 5.41) is 3.98. The van der Waals surface area contributed by atoms with Crippen molar-refractivity contribution in [3.05, 3.63) is 65.6 Å². The Kier molecular flexibility index (Phi) is 5.25. The van der Waals surface area contributed by atoms with Crippen molar-refractivity contribution in [3.8, 4) is 0 Å². The molecule has 1 saturated heterocycles. The van der Waals surface area contributed by atoms with Gasteiger partial charge in [0.2, 0.25) is 5.91 Å². The first-order valence-electron chi connectivity index (χ1n) is 9.93. The van der Waals surface area contributed by atoms with E-state index in [1.807, 2.05) is 32.0 Å². The summed E-state index contributed by atoms with van der Waals surface area (Å²) in [4.78, 5) is 36.4. The highest BCUT2D eigenvalue weighted by atomic mass is 16.2. The number of hydrogen-bond donors (Lipinski definition) is 1. The van der Waals surface area contributed by atoms with Crippen LogP contribution in [-0.2, 0) is 4.79 Å². The van der Waals surface area contributed by atoms with E-state index in [1.54, 1.807) is 35.6 Å². The highest BCUT2D eigenvalue weighted by Crippen LogP contribution is 2.29. The first-order valence-corrected chi connectivity index (χ1v) is 9.93. The van der Waals surface area contributed by atoms with Crippen LogP contribution in [0.25, 0.3) is 10.9 Å². The largest absolute Gasteiger partial charge is 0.327 e. The average Bonchev–Trinajstić information content (AvgIpc) is 2.77. The van der Waals surface area contributed by atoms with Gasteiger partial charge in [-0.3, -0.25) is 19.6 Å². The number of amides is 2. The summed E-state index contributed by atoms with van der Waals surface area (Å²) in [6.45, 7) is 4.62. The first-order chi connectivity index (χ1) is 14.1. The number of rotatable bonds is 3. The van der Waals surface area contributed by atoms with Gasteiger partial charge in [0.25, 0.3) is 5.91 Å². The van der Waals surface area contributed by atoms with Crippen molar-refractivity contribution in [2.45, 2.75) is 39.2 Å². The third-order valence-electron chi connectivity index (χ3n) is 5.64. The highest BCUT2D eigenvalue weighted by Gasteiger charge is 2.33. The molecule has 1 fully saturated rings. The Bertz CT molecular complexity index is 1070. The molecule has 148 valence electrons. The summed E-state index contributed by atoms with van der Waals surface area (Å²) in [5.74, 6) is -0.306. The molecule has 1 atom stereocenters. The van der Waals surface area contributed by atoms with E-state index in [9.17, 15) is 9.59 Å². The third kappa shape index (κ3) is 3.70. The molecule has 0 spiro atoms. The van der Waals surface area contributed by atoms with E-state index in [0.29, 0.717) is 18.5 Å². The molecule has 1 aliphatic heterocycles. The molecule has 4 rings (SSSR count). The normalized spacial score (nSPS) is 16.6. The summed E-state index contributed by atoms with van der Waals surface area (Å²) >= 11 is 0. The number of benzene rings is 1. The van der Waals surface area contributed by atoms with Crippen LogP contribution in [0.4, 0.5) is 5.69 Å². The summed E-state index contributed by atoms with van der Waals surface area (Å²) in [6.07, 6.45) is 7.41. The molecule has 0 bridgehead atoms. The summed E-state index contributed by atoms with van der Waals surface area (Å²) in [7, 11) is 0. The highest BCUT2D eigenvalue weighted by molar-refractivity contribution is 6.06. The van der Waals surface area contributed by atoms with E-state index in [1.165, 1.54) is 0 Å². The smallest absolute Gasteiger partial charge is 0.256 e. The van der Waals surface area contributed by atoms with Crippen LogP contribution in [0, 0.1) is 13.8 Å². The minimum Gasteiger partial charge on any atom is -0.327 e. The van der Waals surface area contributed by atoms with Crippen LogP contribution in [0.2, 0.25) is 0 Å². The molecule has 6 heteroatoms. The Morgan fingerprint density at radius 3 is 2.76 bits per heavy atom. The molecule has 1 N–H and O–H groups in total. The molecule has 1 aliphatic rings. The fourth-order valence-corrected chi connectivity index (χ4v) is 3.93. The molecule has 2 aromatic heterocycles. The molecule has 2 amide bonds. The Hall–Kier alpha value is -3.28. The molecule has 3 heterocycles. The third-order valence-corrected chi connectivity index (χ3v) is 5.64. The number of likely N-dealkylation sites (tertiary alicyclic amines) is 1. The van der Waals surface area contributed by atoms with E-state index in [2.05, 4.69) is 15.3 Å². The van der Waals surface area contributed by atoms with Crippen molar-refractivity contribution in [2.24, 2.45) is 0 Å². The van der Waals surface area contributed by atoms with Crippen LogP contribution in [0.1, 0.15) is 40.7 Å². The first kappa shape index (κ1) is 19.1. The maximum atomic E-state index is 13.2. The number of fused-ring (bicyclic) bond motifs is 1. The molecule has 1 unspecified atom stereocenters. The molecule has 0 saturated carbocycles. The lowest BCUT2D eigenvalue weighted by Crippen LogP contribution is -2.50. The summed E-state index contributed by atoms with van der Waals surface area (Å²) < 4.78 is 0. The fourth-order valence-electron chi connectivity index (χ4n) is 3.93. The van der Waals surface area contributed by atoms with E-state index in [4.69, 9.17) is 0 Å². The van der Waals surface area contributed by atoms with Gasteiger partial charge in [-0.05, 0) is 74.6 Å². The van der Waals surface area contributed by atoms with Gasteiger partial charge in [-0.2, -0.15) is 0 Å². The maximum absolute atomic E-state index is 13.2. The van der Waals surface area contributed by atoms with Gasteiger partial charge in [0.15, 0.2) is 0 Å². The number of hydrogen-bond acceptors (Lipinski definition) is 4. The van der Waals surface area contributed by atoms with Crippen LogP contribution in [-0.4, -0.2) is 39.3 Å². The van der Waals surface area contributed by atoms with Crippen molar-refractivity contribution in [1.29, 1.82) is 0 Å². The predicted octanol–water partition coefficient (Wildman–Crippen LogP) is 3.88. The van der Waals surface area contributed by atoms with Gasteiger partial charge in [-0.15, -0.1) is 0 Å². The van der Waals surface area contributed by atoms with Crippen molar-refractivity contribution in [1.82, 2.24) is 14.9 Å². The van der Waals surface area contributed by atoms with E-state index >= 15 is 0 Å². The standard InChI is InChI=1S/C23H24N4O2/c1-15-13-19(18-8-6-11-25-21(18)16(15)2)26-22(28)20-9-3-4-12-27(20)23(29)17-7-5-10-24-14-17/h5-8,10-11,13-14,20H,3-4,9,12H2,1-2H3,(H,26,28). The molecular weight excluding hydrogens is 364 g/mol. The Morgan fingerprint density at radius 1 is 1.14 bits per heavy atom. The number of aryl methyl sites for hydroxylation is 2. The molecule has 3 aromatic rings. The zero-order valence-electron chi connectivity index (χ0n) is 16.7. The predicted molar refractivity (Wildman–Crippen MR) is 113 cm³/mol. The van der Waals surface area contributed by atoms with Crippen LogP contribution < -0.4 is 5.32 Å². The van der Waals surface area contributed by atoms with Crippen molar-refractivity contribution in [2.75, 3.05) is 11.9 Å². The van der Waals surface area contributed by atoms with Crippen LogP contribution >= 0.6 is 0 Å². The van der Waals surface area contributed by atoms with Gasteiger partial charge in [0.05, 0.1) is 16.8 Å². The van der Waals surface area contributed by atoms with Gasteiger partial charge in [0, 0.05) is 30.5 Å². The minimum absolute atomic E-state index is 0.149. The quantitative estimate of drug-likeness (QED) is 0.739. The van der Waals surface area contributed by atoms with Crippen LogP contribution in [0.3, 0.4) is 0 Å². The molecule has 29 heavy (non-hydrogen) atoms. The van der Waals surface area contributed by atoms with Crippen molar-refractivity contribution >= 4 is 28.4 Å². The van der Waals surface area contributed by atoms with Gasteiger partial charge in [-0.25, -0.2) is 0 Å². The second-order valence-electron chi connectivity index (χ2n) is 7.51. The zero-order valence-corrected chi connectivity index (χ0v) is 16.7. The van der Waals surface area contributed by atoms with E-state index in [0.717, 1.165) is 40.6 Å². The fraction of sp³-hybridized carbons (Fsp3) is 0.304. The number of carbonyl (C=O) groups excluding carboxylic acids is 2. The van der Waals surface area contributed by atoms with Gasteiger partial charge < -0.3 is 10.2 Å². The van der Waals surface area contributed by atoms with Gasteiger partial charge >= 0.3 is 0 Å². The SMILES string of the molecule is Cc1cc(NC(=O)C2CCCCN2C(=O)c2cccnc2)c2cccnc2c1C. The number of nitrogens with zero attached hydrogens (tertiary/aromatic N) is 3. The maximum Gasteiger partial charge on any atom is 0.256 e. The van der Waals surface area contributed by atoms with E-state index in [-0.39, 0.29) is 11.8 Å². The minimum atomic E-state index is -0.496. The average molecular weight is 388 g/mol. The number of pyridine rings is 2. The second kappa shape index (κ2) is 7.99. The lowest BCUT2D eigenvalue weighted by Gasteiger charge is -2.34. The van der Waals surface area contributed by atoms with Crippen LogP contribution in [0.5, 0.6) is 0 Å². The number of piperidine rings is 1. The topological polar surface area (TPSA) is 75.2 Å². The van der Waals surface area contributed by atoms with Gasteiger partial charge in [-0.1, -0.05) is 0 Å². The van der Waals surface area contributed by atoms with Crippen molar-refractivity contribution < 1.29 is 9.59 Å². The molecule has 1 aromatic carbocycles. The monoisotopic (exact) mass is 388 g/mol. The van der Waals surface area contributed by atoms with E-state index < -0.39 is 6.04 Å². The number of aromatic nitrogens is 2. The Morgan fingerprint density at radius 2 is 1.97 bits per heavy atom. The number of carbonyl (C=O) groups is 2. The summed E-state index contributed by atoms with van der Waals surface area (Å²) in [5.41, 5.74) is 4.30. The Labute approximate surface area is 170 Å². The molecular formula is C23H24N4O2. The number of nitrogens with one attached hydrogen (secondary N) is 1. The lowest BCUT2D eigenvalue weighted by molar-refractivity contribution is -0.121. The molecule has 0 radical (unpaired) electrons. The van der Waals surface area contributed by atoms with Crippen molar-refractivity contribution in [3.63, 3.8) is 0 Å². The Balaban J connectivity index is 1.63. The second-order valence-corrected chi connectivity index (χ2v) is 7.51. The van der Waals surface area contributed by atoms with Crippen LogP contribution in [0.15, 0.2) is 48.9 Å². The lowest BCUT2D eigenvalue weighted by atomic mass is 9.99. The summed E-state index contributed by atoms with van der Waals surface area (Å²) in [6, 6.07) is 8.79. The number of anilines is 1. The molecule has 0 aliphatic carbocycles.